The Kier molecular flexibility index (Phi) is 6.40. The highest BCUT2D eigenvalue weighted by Crippen LogP contribution is 2.31. The molecule has 9 heteroatoms. The van der Waals surface area contributed by atoms with E-state index in [1.165, 1.54) is 24.3 Å². The standard InChI is InChI=1S/C25H23F3N2O3S/c1-34(32,33)21-11-12-22(18-5-3-2-4-6-18)23(17-21)24(31)30-15-13-29(14-16-30)20-9-7-19(8-10-20)25(26,27)28/h2-12,17H,13-16H2,1H3. The third-order valence-electron chi connectivity index (χ3n) is 5.86. The SMILES string of the molecule is CS(=O)(=O)c1ccc(-c2ccccc2)c(C(=O)N2CCN(c3ccc(C(F)(F)F)cc3)CC2)c1. The molecule has 0 radical (unpaired) electrons. The summed E-state index contributed by atoms with van der Waals surface area (Å²) in [5.74, 6) is -0.281. The monoisotopic (exact) mass is 488 g/mol. The first-order valence-corrected chi connectivity index (χ1v) is 12.5. The van der Waals surface area contributed by atoms with Crippen LogP contribution in [0.4, 0.5) is 18.9 Å². The lowest BCUT2D eigenvalue weighted by Gasteiger charge is -2.36. The topological polar surface area (TPSA) is 57.7 Å². The quantitative estimate of drug-likeness (QED) is 0.533. The van der Waals surface area contributed by atoms with E-state index in [-0.39, 0.29) is 10.8 Å². The molecule has 1 aliphatic heterocycles. The number of amides is 1. The minimum atomic E-state index is -4.39. The van der Waals surface area contributed by atoms with Gasteiger partial charge >= 0.3 is 6.18 Å². The van der Waals surface area contributed by atoms with Crippen molar-refractivity contribution in [3.05, 3.63) is 83.9 Å². The first-order chi connectivity index (χ1) is 16.0. The number of piperazine rings is 1. The molecule has 3 aromatic carbocycles. The van der Waals surface area contributed by atoms with Crippen LogP contribution in [0, 0.1) is 0 Å². The van der Waals surface area contributed by atoms with Gasteiger partial charge in [0.25, 0.3) is 5.91 Å². The highest BCUT2D eigenvalue weighted by Gasteiger charge is 2.31. The summed E-state index contributed by atoms with van der Waals surface area (Å²) in [5.41, 5.74) is 1.70. The Morgan fingerprint density at radius 3 is 2.03 bits per heavy atom. The van der Waals surface area contributed by atoms with E-state index in [2.05, 4.69) is 0 Å². The van der Waals surface area contributed by atoms with E-state index in [4.69, 9.17) is 0 Å². The van der Waals surface area contributed by atoms with E-state index >= 15 is 0 Å². The number of sulfone groups is 1. The van der Waals surface area contributed by atoms with E-state index in [1.807, 2.05) is 35.2 Å². The maximum atomic E-state index is 13.5. The smallest absolute Gasteiger partial charge is 0.368 e. The van der Waals surface area contributed by atoms with Gasteiger partial charge in [0, 0.05) is 43.7 Å². The molecule has 4 rings (SSSR count). The first-order valence-electron chi connectivity index (χ1n) is 10.6. The number of hydrogen-bond acceptors (Lipinski definition) is 4. The number of carbonyl (C=O) groups is 1. The second-order valence-corrected chi connectivity index (χ2v) is 10.2. The van der Waals surface area contributed by atoms with Crippen molar-refractivity contribution in [3.8, 4) is 11.1 Å². The van der Waals surface area contributed by atoms with Crippen LogP contribution in [-0.4, -0.2) is 51.7 Å². The number of benzene rings is 3. The minimum absolute atomic E-state index is 0.0684. The van der Waals surface area contributed by atoms with Crippen molar-refractivity contribution in [3.63, 3.8) is 0 Å². The molecule has 0 bridgehead atoms. The lowest BCUT2D eigenvalue weighted by Crippen LogP contribution is -2.49. The van der Waals surface area contributed by atoms with E-state index in [0.717, 1.165) is 24.0 Å². The highest BCUT2D eigenvalue weighted by molar-refractivity contribution is 7.90. The van der Waals surface area contributed by atoms with Crippen LogP contribution in [0.15, 0.2) is 77.7 Å². The molecule has 0 saturated carbocycles. The lowest BCUT2D eigenvalue weighted by molar-refractivity contribution is -0.137. The third-order valence-corrected chi connectivity index (χ3v) is 6.97. The fourth-order valence-electron chi connectivity index (χ4n) is 4.00. The molecule has 34 heavy (non-hydrogen) atoms. The molecule has 1 amide bonds. The maximum absolute atomic E-state index is 13.5. The molecule has 1 fully saturated rings. The molecule has 0 unspecified atom stereocenters. The number of rotatable bonds is 4. The maximum Gasteiger partial charge on any atom is 0.416 e. The Morgan fingerprint density at radius 1 is 0.853 bits per heavy atom. The first kappa shape index (κ1) is 23.8. The van der Waals surface area contributed by atoms with E-state index in [0.29, 0.717) is 43.0 Å². The zero-order valence-electron chi connectivity index (χ0n) is 18.4. The molecule has 1 saturated heterocycles. The normalized spacial score (nSPS) is 14.8. The van der Waals surface area contributed by atoms with Crippen LogP contribution >= 0.6 is 0 Å². The Hall–Kier alpha value is -3.33. The second-order valence-electron chi connectivity index (χ2n) is 8.17. The summed E-state index contributed by atoms with van der Waals surface area (Å²) in [4.78, 5) is 17.1. The summed E-state index contributed by atoms with van der Waals surface area (Å²) in [5, 5.41) is 0. The zero-order valence-corrected chi connectivity index (χ0v) is 19.2. The van der Waals surface area contributed by atoms with Crippen LogP contribution in [0.1, 0.15) is 15.9 Å². The fraction of sp³-hybridized carbons (Fsp3) is 0.240. The van der Waals surface area contributed by atoms with Crippen LogP contribution in [-0.2, 0) is 16.0 Å². The number of alkyl halides is 3. The van der Waals surface area contributed by atoms with Gasteiger partial charge in [-0.25, -0.2) is 8.42 Å². The predicted octanol–water partition coefficient (Wildman–Crippen LogP) is 4.74. The molecular formula is C25H23F3N2O3S. The minimum Gasteiger partial charge on any atom is -0.368 e. The van der Waals surface area contributed by atoms with E-state index < -0.39 is 21.6 Å². The number of nitrogens with zero attached hydrogens (tertiary/aromatic N) is 2. The van der Waals surface area contributed by atoms with Gasteiger partial charge < -0.3 is 9.80 Å². The van der Waals surface area contributed by atoms with Crippen molar-refractivity contribution in [2.24, 2.45) is 0 Å². The van der Waals surface area contributed by atoms with Gasteiger partial charge in [0.15, 0.2) is 9.84 Å². The summed E-state index contributed by atoms with van der Waals surface area (Å²) < 4.78 is 62.7. The average molecular weight is 489 g/mol. The lowest BCUT2D eigenvalue weighted by atomic mass is 9.98. The molecule has 0 aliphatic carbocycles. The molecular weight excluding hydrogens is 465 g/mol. The third kappa shape index (κ3) is 5.09. The molecule has 3 aromatic rings. The summed E-state index contributed by atoms with van der Waals surface area (Å²) in [7, 11) is -3.51. The summed E-state index contributed by atoms with van der Waals surface area (Å²) in [6, 6.07) is 18.8. The highest BCUT2D eigenvalue weighted by atomic mass is 32.2. The van der Waals surface area contributed by atoms with Gasteiger partial charge in [0.2, 0.25) is 0 Å². The molecule has 0 N–H and O–H groups in total. The van der Waals surface area contributed by atoms with Crippen molar-refractivity contribution in [2.45, 2.75) is 11.1 Å². The molecule has 178 valence electrons. The second kappa shape index (κ2) is 9.13. The van der Waals surface area contributed by atoms with Crippen LogP contribution in [0.3, 0.4) is 0 Å². The van der Waals surface area contributed by atoms with Gasteiger partial charge in [-0.05, 0) is 47.5 Å². The van der Waals surface area contributed by atoms with Crippen LogP contribution in [0.25, 0.3) is 11.1 Å². The number of carbonyl (C=O) groups excluding carboxylic acids is 1. The van der Waals surface area contributed by atoms with Gasteiger partial charge in [0.05, 0.1) is 10.5 Å². The molecule has 1 aliphatic rings. The summed E-state index contributed by atoms with van der Waals surface area (Å²) in [6.45, 7) is 1.61. The van der Waals surface area contributed by atoms with Crippen molar-refractivity contribution >= 4 is 21.4 Å². The Bertz CT molecular complexity index is 1280. The molecule has 0 spiro atoms. The fourth-order valence-corrected chi connectivity index (χ4v) is 4.65. The Morgan fingerprint density at radius 2 is 1.47 bits per heavy atom. The van der Waals surface area contributed by atoms with Crippen LogP contribution in [0.5, 0.6) is 0 Å². The average Bonchev–Trinajstić information content (AvgIpc) is 2.83. The van der Waals surface area contributed by atoms with E-state index in [9.17, 15) is 26.4 Å². The number of halogens is 3. The Balaban J connectivity index is 1.56. The van der Waals surface area contributed by atoms with Gasteiger partial charge in [-0.2, -0.15) is 13.2 Å². The largest absolute Gasteiger partial charge is 0.416 e. The molecule has 0 atom stereocenters. The summed E-state index contributed by atoms with van der Waals surface area (Å²) in [6.07, 6.45) is -3.29. The number of hydrogen-bond donors (Lipinski definition) is 0. The zero-order chi connectivity index (χ0) is 24.5. The van der Waals surface area contributed by atoms with E-state index in [1.54, 1.807) is 11.0 Å². The van der Waals surface area contributed by atoms with Crippen molar-refractivity contribution in [1.29, 1.82) is 0 Å². The van der Waals surface area contributed by atoms with Crippen LogP contribution in [0.2, 0.25) is 0 Å². The van der Waals surface area contributed by atoms with Crippen molar-refractivity contribution in [1.82, 2.24) is 4.90 Å². The van der Waals surface area contributed by atoms with Gasteiger partial charge in [-0.15, -0.1) is 0 Å². The van der Waals surface area contributed by atoms with Gasteiger partial charge in [0.1, 0.15) is 0 Å². The van der Waals surface area contributed by atoms with Gasteiger partial charge in [-0.3, -0.25) is 4.79 Å². The molecule has 0 aromatic heterocycles. The van der Waals surface area contributed by atoms with Crippen molar-refractivity contribution in [2.75, 3.05) is 37.3 Å². The van der Waals surface area contributed by atoms with Crippen molar-refractivity contribution < 1.29 is 26.4 Å². The summed E-state index contributed by atoms with van der Waals surface area (Å²) >= 11 is 0. The Labute approximate surface area is 196 Å². The molecule has 1 heterocycles. The van der Waals surface area contributed by atoms with Gasteiger partial charge in [-0.1, -0.05) is 36.4 Å². The molecule has 5 nitrogen and oxygen atoms in total. The number of anilines is 1. The predicted molar refractivity (Wildman–Crippen MR) is 125 cm³/mol. The van der Waals surface area contributed by atoms with Crippen LogP contribution < -0.4 is 4.90 Å².